The summed E-state index contributed by atoms with van der Waals surface area (Å²) in [6.07, 6.45) is 0. The third-order valence-electron chi connectivity index (χ3n) is 11.1. The lowest BCUT2D eigenvalue weighted by Crippen LogP contribution is -2.13. The lowest BCUT2D eigenvalue weighted by molar-refractivity contribution is 1.16. The Morgan fingerprint density at radius 2 is 0.836 bits per heavy atom. The highest BCUT2D eigenvalue weighted by Crippen LogP contribution is 2.49. The second-order valence-corrected chi connectivity index (χ2v) is 14.1. The van der Waals surface area contributed by atoms with E-state index in [9.17, 15) is 0 Å². The molecule has 2 heterocycles. The number of aromatic nitrogens is 2. The molecular weight excluding hydrogens is 667 g/mol. The van der Waals surface area contributed by atoms with Crippen molar-refractivity contribution in [1.29, 1.82) is 0 Å². The van der Waals surface area contributed by atoms with Gasteiger partial charge in [0.05, 0.1) is 39.1 Å². The van der Waals surface area contributed by atoms with Crippen molar-refractivity contribution in [1.82, 2.24) is 9.13 Å². The van der Waals surface area contributed by atoms with Crippen LogP contribution in [0, 0.1) is 0 Å². The molecular formula is C52H35N3. The Hall–Kier alpha value is -7.36. The number of hydrogen-bond acceptors (Lipinski definition) is 1. The van der Waals surface area contributed by atoms with Crippen LogP contribution in [0.2, 0.25) is 0 Å². The van der Waals surface area contributed by atoms with Crippen molar-refractivity contribution in [2.24, 2.45) is 0 Å². The second kappa shape index (κ2) is 12.6. The summed E-state index contributed by atoms with van der Waals surface area (Å²) in [4.78, 5) is 2.47. The van der Waals surface area contributed by atoms with Gasteiger partial charge in [0.2, 0.25) is 0 Å². The fourth-order valence-corrected chi connectivity index (χ4v) is 8.80. The summed E-state index contributed by atoms with van der Waals surface area (Å²) >= 11 is 0. The molecule has 0 aliphatic rings. The van der Waals surface area contributed by atoms with Crippen molar-refractivity contribution in [2.75, 3.05) is 4.90 Å². The second-order valence-electron chi connectivity index (χ2n) is 14.1. The molecule has 2 aromatic heterocycles. The van der Waals surface area contributed by atoms with Gasteiger partial charge in [0.25, 0.3) is 0 Å². The van der Waals surface area contributed by atoms with E-state index in [0.717, 1.165) is 39.5 Å². The molecule has 55 heavy (non-hydrogen) atoms. The first kappa shape index (κ1) is 31.2. The number of hydrogen-bond donors (Lipinski definition) is 0. The largest absolute Gasteiger partial charge is 0.309 e. The topological polar surface area (TPSA) is 13.1 Å². The van der Waals surface area contributed by atoms with Gasteiger partial charge in [-0.15, -0.1) is 0 Å². The highest BCUT2D eigenvalue weighted by Gasteiger charge is 2.25. The van der Waals surface area contributed by atoms with Gasteiger partial charge in [-0.2, -0.15) is 0 Å². The van der Waals surface area contributed by atoms with Gasteiger partial charge in [-0.1, -0.05) is 152 Å². The van der Waals surface area contributed by atoms with E-state index in [-0.39, 0.29) is 0 Å². The minimum Gasteiger partial charge on any atom is -0.309 e. The molecule has 0 unspecified atom stereocenters. The van der Waals surface area contributed by atoms with Gasteiger partial charge in [0.15, 0.2) is 0 Å². The molecule has 0 amide bonds. The summed E-state index contributed by atoms with van der Waals surface area (Å²) < 4.78 is 4.89. The fourth-order valence-electron chi connectivity index (χ4n) is 8.80. The standard InChI is InChI=1S/C52H35N3/c1-3-19-37(20-4-1)53(50-33-17-28-43-42-26-11-13-29-45(42)54(52(43)50)38-21-5-2-6-22-38)48-32-16-12-27-44(48)51-39-23-8-7-18-36(39)34-35-49(51)55-46-30-14-9-24-40(46)41-25-10-15-31-47(41)55/h1-35H. The molecule has 258 valence electrons. The van der Waals surface area contributed by atoms with Crippen molar-refractivity contribution >= 4 is 71.4 Å². The van der Waals surface area contributed by atoms with Crippen LogP contribution in [0.15, 0.2) is 212 Å². The first-order chi connectivity index (χ1) is 27.3. The number of benzene rings is 9. The number of para-hydroxylation sites is 7. The zero-order valence-electron chi connectivity index (χ0n) is 30.0. The van der Waals surface area contributed by atoms with E-state index in [1.54, 1.807) is 0 Å². The van der Waals surface area contributed by atoms with Gasteiger partial charge in [-0.05, 0) is 71.4 Å². The van der Waals surface area contributed by atoms with Gasteiger partial charge >= 0.3 is 0 Å². The normalized spacial score (nSPS) is 11.6. The molecule has 0 saturated heterocycles. The van der Waals surface area contributed by atoms with Crippen molar-refractivity contribution in [2.45, 2.75) is 0 Å². The molecule has 0 bridgehead atoms. The van der Waals surface area contributed by atoms with Crippen molar-refractivity contribution in [3.63, 3.8) is 0 Å². The van der Waals surface area contributed by atoms with Gasteiger partial charge in [0.1, 0.15) is 0 Å². The van der Waals surface area contributed by atoms with E-state index >= 15 is 0 Å². The van der Waals surface area contributed by atoms with Crippen LogP contribution in [0.4, 0.5) is 17.1 Å². The SMILES string of the molecule is c1ccc(N(c2ccccc2-c2c(-n3c4ccccc4c4ccccc43)ccc3ccccc23)c2cccc3c4ccccc4n(-c4ccccc4)c23)cc1. The zero-order chi connectivity index (χ0) is 36.3. The summed E-state index contributed by atoms with van der Waals surface area (Å²) in [6, 6.07) is 77.0. The maximum Gasteiger partial charge on any atom is 0.0782 e. The Kier molecular flexibility index (Phi) is 7.17. The van der Waals surface area contributed by atoms with Gasteiger partial charge in [-0.3, -0.25) is 0 Å². The Labute approximate surface area is 319 Å². The van der Waals surface area contributed by atoms with Crippen LogP contribution in [0.5, 0.6) is 0 Å². The third-order valence-corrected chi connectivity index (χ3v) is 11.1. The molecule has 0 aliphatic heterocycles. The predicted molar refractivity (Wildman–Crippen MR) is 233 cm³/mol. The predicted octanol–water partition coefficient (Wildman–Crippen LogP) is 14.2. The zero-order valence-corrected chi connectivity index (χ0v) is 30.0. The molecule has 0 spiro atoms. The molecule has 0 fully saturated rings. The molecule has 0 atom stereocenters. The maximum atomic E-state index is 2.47. The highest BCUT2D eigenvalue weighted by atomic mass is 15.2. The molecule has 0 saturated carbocycles. The number of anilines is 3. The van der Waals surface area contributed by atoms with Crippen LogP contribution in [-0.2, 0) is 0 Å². The van der Waals surface area contributed by atoms with Crippen LogP contribution >= 0.6 is 0 Å². The molecule has 11 aromatic rings. The maximum absolute atomic E-state index is 2.47. The molecule has 3 nitrogen and oxygen atoms in total. The average molecular weight is 702 g/mol. The summed E-state index contributed by atoms with van der Waals surface area (Å²) in [5.41, 5.74) is 12.6. The third kappa shape index (κ3) is 4.84. The molecule has 0 aliphatic carbocycles. The molecule has 9 aromatic carbocycles. The highest BCUT2D eigenvalue weighted by molar-refractivity contribution is 6.16. The van der Waals surface area contributed by atoms with Crippen LogP contribution < -0.4 is 4.90 Å². The minimum absolute atomic E-state index is 1.09. The Morgan fingerprint density at radius 3 is 1.55 bits per heavy atom. The van der Waals surface area contributed by atoms with Crippen LogP contribution in [0.25, 0.3) is 76.9 Å². The van der Waals surface area contributed by atoms with Gasteiger partial charge in [0, 0.05) is 44.0 Å². The first-order valence-electron chi connectivity index (χ1n) is 18.9. The van der Waals surface area contributed by atoms with Crippen LogP contribution in [0.1, 0.15) is 0 Å². The quantitative estimate of drug-likeness (QED) is 0.168. The Bertz CT molecular complexity index is 3150. The van der Waals surface area contributed by atoms with Crippen molar-refractivity contribution < 1.29 is 0 Å². The average Bonchev–Trinajstić information content (AvgIpc) is 3.78. The van der Waals surface area contributed by atoms with Gasteiger partial charge < -0.3 is 14.0 Å². The van der Waals surface area contributed by atoms with Crippen LogP contribution in [-0.4, -0.2) is 9.13 Å². The van der Waals surface area contributed by atoms with E-state index in [1.165, 1.54) is 54.4 Å². The van der Waals surface area contributed by atoms with E-state index in [4.69, 9.17) is 0 Å². The monoisotopic (exact) mass is 701 g/mol. The molecule has 0 radical (unpaired) electrons. The Morgan fingerprint density at radius 1 is 0.327 bits per heavy atom. The summed E-state index contributed by atoms with van der Waals surface area (Å²) in [5.74, 6) is 0. The lowest BCUT2D eigenvalue weighted by Gasteiger charge is -2.30. The number of fused-ring (bicyclic) bond motifs is 7. The summed E-state index contributed by atoms with van der Waals surface area (Å²) in [5, 5.41) is 7.35. The molecule has 0 N–H and O–H groups in total. The van der Waals surface area contributed by atoms with E-state index in [2.05, 4.69) is 226 Å². The minimum atomic E-state index is 1.09. The smallest absolute Gasteiger partial charge is 0.0782 e. The first-order valence-corrected chi connectivity index (χ1v) is 18.9. The summed E-state index contributed by atoms with van der Waals surface area (Å²) in [7, 11) is 0. The van der Waals surface area contributed by atoms with E-state index in [0.29, 0.717) is 0 Å². The van der Waals surface area contributed by atoms with Crippen molar-refractivity contribution in [3.8, 4) is 22.5 Å². The lowest BCUT2D eigenvalue weighted by atomic mass is 9.94. The van der Waals surface area contributed by atoms with Crippen molar-refractivity contribution in [3.05, 3.63) is 212 Å². The number of nitrogens with zero attached hydrogens (tertiary/aromatic N) is 3. The summed E-state index contributed by atoms with van der Waals surface area (Å²) in [6.45, 7) is 0. The number of rotatable bonds is 6. The van der Waals surface area contributed by atoms with Crippen LogP contribution in [0.3, 0.4) is 0 Å². The Balaban J connectivity index is 1.27. The van der Waals surface area contributed by atoms with Gasteiger partial charge in [-0.25, -0.2) is 0 Å². The molecule has 3 heteroatoms. The fraction of sp³-hybridized carbons (Fsp3) is 0. The molecule has 11 rings (SSSR count). The van der Waals surface area contributed by atoms with E-state index in [1.807, 2.05) is 0 Å². The van der Waals surface area contributed by atoms with E-state index < -0.39 is 0 Å².